The van der Waals surface area contributed by atoms with Gasteiger partial charge in [-0.2, -0.15) is 0 Å². The maximum atomic E-state index is 12.0. The van der Waals surface area contributed by atoms with Gasteiger partial charge in [-0.25, -0.2) is 0 Å². The predicted octanol–water partition coefficient (Wildman–Crippen LogP) is 2.57. The highest BCUT2D eigenvalue weighted by atomic mass is 16.2. The molecule has 2 aromatic carbocycles. The Kier molecular flexibility index (Phi) is 7.83. The SMILES string of the molecule is CCN(CC)Cc1cccc(CNC(=O)CNC(=O)c2ccccc2)c1. The summed E-state index contributed by atoms with van der Waals surface area (Å²) in [6, 6.07) is 17.1. The molecule has 0 aliphatic heterocycles. The quantitative estimate of drug-likeness (QED) is 0.728. The second-order valence-electron chi connectivity index (χ2n) is 6.11. The molecule has 0 spiro atoms. The maximum absolute atomic E-state index is 12.0. The molecule has 0 radical (unpaired) electrons. The van der Waals surface area contributed by atoms with Crippen LogP contribution in [-0.4, -0.2) is 36.3 Å². The zero-order valence-corrected chi connectivity index (χ0v) is 15.5. The Balaban J connectivity index is 1.79. The van der Waals surface area contributed by atoms with E-state index in [1.54, 1.807) is 24.3 Å². The van der Waals surface area contributed by atoms with Gasteiger partial charge in [0.1, 0.15) is 0 Å². The summed E-state index contributed by atoms with van der Waals surface area (Å²) < 4.78 is 0. The lowest BCUT2D eigenvalue weighted by Gasteiger charge is -2.18. The lowest BCUT2D eigenvalue weighted by molar-refractivity contribution is -0.120. The third-order valence-corrected chi connectivity index (χ3v) is 4.23. The fraction of sp³-hybridized carbons (Fsp3) is 0.333. The number of rotatable bonds is 9. The van der Waals surface area contributed by atoms with Gasteiger partial charge < -0.3 is 10.6 Å². The van der Waals surface area contributed by atoms with Crippen LogP contribution in [0.25, 0.3) is 0 Å². The van der Waals surface area contributed by atoms with Crippen molar-refractivity contribution in [3.05, 3.63) is 71.3 Å². The van der Waals surface area contributed by atoms with Crippen molar-refractivity contribution in [2.75, 3.05) is 19.6 Å². The van der Waals surface area contributed by atoms with Crippen molar-refractivity contribution in [2.24, 2.45) is 0 Å². The third kappa shape index (κ3) is 6.33. The first-order valence-corrected chi connectivity index (χ1v) is 9.02. The van der Waals surface area contributed by atoms with E-state index < -0.39 is 0 Å². The van der Waals surface area contributed by atoms with Crippen molar-refractivity contribution in [2.45, 2.75) is 26.9 Å². The molecule has 2 rings (SSSR count). The molecule has 26 heavy (non-hydrogen) atoms. The van der Waals surface area contributed by atoms with Gasteiger partial charge in [0.25, 0.3) is 5.91 Å². The van der Waals surface area contributed by atoms with Crippen LogP contribution in [0.5, 0.6) is 0 Å². The van der Waals surface area contributed by atoms with E-state index >= 15 is 0 Å². The summed E-state index contributed by atoms with van der Waals surface area (Å²) in [4.78, 5) is 26.2. The number of amides is 2. The fourth-order valence-corrected chi connectivity index (χ4v) is 2.66. The number of nitrogens with zero attached hydrogens (tertiary/aromatic N) is 1. The van der Waals surface area contributed by atoms with Gasteiger partial charge >= 0.3 is 0 Å². The molecule has 0 bridgehead atoms. The monoisotopic (exact) mass is 353 g/mol. The maximum Gasteiger partial charge on any atom is 0.251 e. The van der Waals surface area contributed by atoms with Gasteiger partial charge in [0, 0.05) is 18.7 Å². The molecule has 2 amide bonds. The fourth-order valence-electron chi connectivity index (χ4n) is 2.66. The van der Waals surface area contributed by atoms with Crippen molar-refractivity contribution in [3.63, 3.8) is 0 Å². The number of carbonyl (C=O) groups is 2. The summed E-state index contributed by atoms with van der Waals surface area (Å²) >= 11 is 0. The van der Waals surface area contributed by atoms with E-state index in [0.29, 0.717) is 12.1 Å². The van der Waals surface area contributed by atoms with Crippen LogP contribution in [0.1, 0.15) is 35.3 Å². The summed E-state index contributed by atoms with van der Waals surface area (Å²) in [5.74, 6) is -0.453. The zero-order chi connectivity index (χ0) is 18.8. The lowest BCUT2D eigenvalue weighted by atomic mass is 10.1. The van der Waals surface area contributed by atoms with Gasteiger partial charge in [-0.15, -0.1) is 0 Å². The molecule has 0 aromatic heterocycles. The molecule has 0 saturated heterocycles. The standard InChI is InChI=1S/C21H27N3O2/c1-3-24(4-2)16-18-10-8-9-17(13-18)14-22-20(25)15-23-21(26)19-11-6-5-7-12-19/h5-13H,3-4,14-16H2,1-2H3,(H,22,25)(H,23,26). The Labute approximate surface area is 155 Å². The van der Waals surface area contributed by atoms with E-state index in [1.165, 1.54) is 5.56 Å². The van der Waals surface area contributed by atoms with Gasteiger partial charge in [0.2, 0.25) is 5.91 Å². The Morgan fingerprint density at radius 3 is 2.27 bits per heavy atom. The molecular formula is C21H27N3O2. The molecule has 5 nitrogen and oxygen atoms in total. The Bertz CT molecular complexity index is 712. The summed E-state index contributed by atoms with van der Waals surface area (Å²) in [6.07, 6.45) is 0. The van der Waals surface area contributed by atoms with Crippen LogP contribution in [0.3, 0.4) is 0 Å². The molecule has 2 N–H and O–H groups in total. The van der Waals surface area contributed by atoms with E-state index in [2.05, 4.69) is 41.5 Å². The molecule has 138 valence electrons. The zero-order valence-electron chi connectivity index (χ0n) is 15.5. The largest absolute Gasteiger partial charge is 0.350 e. The molecule has 0 atom stereocenters. The molecule has 0 unspecified atom stereocenters. The van der Waals surface area contributed by atoms with E-state index in [0.717, 1.165) is 25.2 Å². The van der Waals surface area contributed by atoms with Crippen LogP contribution in [0.4, 0.5) is 0 Å². The summed E-state index contributed by atoms with van der Waals surface area (Å²) in [7, 11) is 0. The van der Waals surface area contributed by atoms with E-state index in [4.69, 9.17) is 0 Å². The lowest BCUT2D eigenvalue weighted by Crippen LogP contribution is -2.36. The van der Waals surface area contributed by atoms with Crippen LogP contribution < -0.4 is 10.6 Å². The first-order valence-electron chi connectivity index (χ1n) is 9.02. The molecule has 0 heterocycles. The highest BCUT2D eigenvalue weighted by molar-refractivity contribution is 5.96. The van der Waals surface area contributed by atoms with Gasteiger partial charge in [0.05, 0.1) is 6.54 Å². The molecule has 0 aliphatic carbocycles. The third-order valence-electron chi connectivity index (χ3n) is 4.23. The summed E-state index contributed by atoms with van der Waals surface area (Å²) in [5, 5.41) is 5.48. The molecule has 0 fully saturated rings. The summed E-state index contributed by atoms with van der Waals surface area (Å²) in [6.45, 7) is 7.65. The molecule has 2 aromatic rings. The number of hydrogen-bond acceptors (Lipinski definition) is 3. The van der Waals surface area contributed by atoms with Crippen molar-refractivity contribution in [3.8, 4) is 0 Å². The topological polar surface area (TPSA) is 61.4 Å². The smallest absolute Gasteiger partial charge is 0.251 e. The van der Waals surface area contributed by atoms with Crippen molar-refractivity contribution < 1.29 is 9.59 Å². The predicted molar refractivity (Wildman–Crippen MR) is 104 cm³/mol. The average Bonchev–Trinajstić information content (AvgIpc) is 2.69. The molecule has 5 heteroatoms. The number of carbonyl (C=O) groups excluding carboxylic acids is 2. The van der Waals surface area contributed by atoms with Crippen LogP contribution in [0.2, 0.25) is 0 Å². The minimum Gasteiger partial charge on any atom is -0.350 e. The van der Waals surface area contributed by atoms with Crippen molar-refractivity contribution in [1.29, 1.82) is 0 Å². The highest BCUT2D eigenvalue weighted by Crippen LogP contribution is 2.08. The number of nitrogens with one attached hydrogen (secondary N) is 2. The number of hydrogen-bond donors (Lipinski definition) is 2. The second kappa shape index (κ2) is 10.4. The van der Waals surface area contributed by atoms with Crippen LogP contribution >= 0.6 is 0 Å². The van der Waals surface area contributed by atoms with Crippen molar-refractivity contribution >= 4 is 11.8 Å². The van der Waals surface area contributed by atoms with Crippen LogP contribution in [0.15, 0.2) is 54.6 Å². The van der Waals surface area contributed by atoms with Crippen molar-refractivity contribution in [1.82, 2.24) is 15.5 Å². The average molecular weight is 353 g/mol. The van der Waals surface area contributed by atoms with Crippen LogP contribution in [-0.2, 0) is 17.9 Å². The van der Waals surface area contributed by atoms with E-state index in [1.807, 2.05) is 18.2 Å². The number of benzene rings is 2. The van der Waals surface area contributed by atoms with Gasteiger partial charge in [0.15, 0.2) is 0 Å². The Morgan fingerprint density at radius 1 is 0.885 bits per heavy atom. The van der Waals surface area contributed by atoms with E-state index in [-0.39, 0.29) is 18.4 Å². The normalized spacial score (nSPS) is 10.6. The first-order chi connectivity index (χ1) is 12.6. The van der Waals surface area contributed by atoms with Gasteiger partial charge in [-0.3, -0.25) is 14.5 Å². The molecular weight excluding hydrogens is 326 g/mol. The second-order valence-corrected chi connectivity index (χ2v) is 6.11. The highest BCUT2D eigenvalue weighted by Gasteiger charge is 2.08. The Hall–Kier alpha value is -2.66. The van der Waals surface area contributed by atoms with E-state index in [9.17, 15) is 9.59 Å². The van der Waals surface area contributed by atoms with Crippen LogP contribution in [0, 0.1) is 0 Å². The molecule has 0 saturated carbocycles. The minimum atomic E-state index is -0.248. The van der Waals surface area contributed by atoms with Gasteiger partial charge in [-0.05, 0) is 36.3 Å². The Morgan fingerprint density at radius 2 is 1.58 bits per heavy atom. The molecule has 0 aliphatic rings. The van der Waals surface area contributed by atoms with Gasteiger partial charge in [-0.1, -0.05) is 56.3 Å². The minimum absolute atomic E-state index is 0.0349. The summed E-state index contributed by atoms with van der Waals surface area (Å²) in [5.41, 5.74) is 2.83. The first kappa shape index (κ1) is 19.7.